The van der Waals surface area contributed by atoms with Gasteiger partial charge < -0.3 is 11.1 Å². The van der Waals surface area contributed by atoms with Gasteiger partial charge in [0.2, 0.25) is 0 Å². The van der Waals surface area contributed by atoms with Gasteiger partial charge in [-0.15, -0.1) is 0 Å². The number of rotatable bonds is 7. The van der Waals surface area contributed by atoms with Gasteiger partial charge in [-0.05, 0) is 66.4 Å². The van der Waals surface area contributed by atoms with Gasteiger partial charge in [0.25, 0.3) is 11.8 Å². The smallest absolute Gasteiger partial charge is 0.269 e. The minimum Gasteiger partial charge on any atom is -0.397 e. The molecule has 0 heterocycles. The summed E-state index contributed by atoms with van der Waals surface area (Å²) in [6, 6.07) is 19.9. The number of benzene rings is 3. The Bertz CT molecular complexity index is 1150. The molecule has 0 saturated heterocycles. The third kappa shape index (κ3) is 5.31. The number of halogens is 1. The molecule has 1 aliphatic rings. The van der Waals surface area contributed by atoms with Gasteiger partial charge in [0.15, 0.2) is 0 Å². The van der Waals surface area contributed by atoms with Gasteiger partial charge in [-0.25, -0.2) is 4.39 Å². The van der Waals surface area contributed by atoms with Crippen molar-refractivity contribution in [2.24, 2.45) is 0 Å². The molecule has 5 N–H and O–H groups in total. The normalized spacial score (nSPS) is 13.3. The van der Waals surface area contributed by atoms with Crippen LogP contribution in [0.4, 0.5) is 15.8 Å². The summed E-state index contributed by atoms with van der Waals surface area (Å²) >= 11 is 0. The first-order valence-electron chi connectivity index (χ1n) is 10.3. The molecule has 0 spiro atoms. The van der Waals surface area contributed by atoms with Crippen LogP contribution in [0.5, 0.6) is 0 Å². The van der Waals surface area contributed by atoms with Crippen LogP contribution >= 0.6 is 0 Å². The first-order chi connectivity index (χ1) is 15.5. The summed E-state index contributed by atoms with van der Waals surface area (Å²) in [5.41, 5.74) is 14.6. The quantitative estimate of drug-likeness (QED) is 0.197. The highest BCUT2D eigenvalue weighted by Gasteiger charge is 2.25. The number of hydrogen-bond acceptors (Lipinski definition) is 4. The molecule has 0 radical (unpaired) electrons. The second kappa shape index (κ2) is 9.34. The SMILES string of the molecule is Nc1ccccc1NNC(=O)c1ccc(/C=C(\C(=O)NC2CC2)c2ccc(F)cc2)cc1. The van der Waals surface area contributed by atoms with Crippen molar-refractivity contribution in [2.75, 3.05) is 11.2 Å². The van der Waals surface area contributed by atoms with Crippen LogP contribution in [0.2, 0.25) is 0 Å². The molecule has 32 heavy (non-hydrogen) atoms. The van der Waals surface area contributed by atoms with E-state index in [1.165, 1.54) is 12.1 Å². The Hall–Kier alpha value is -4.13. The van der Waals surface area contributed by atoms with Crippen LogP contribution in [0.15, 0.2) is 72.8 Å². The number of nitrogens with one attached hydrogen (secondary N) is 3. The van der Waals surface area contributed by atoms with Gasteiger partial charge in [0.05, 0.1) is 11.4 Å². The van der Waals surface area contributed by atoms with Crippen LogP contribution in [0.3, 0.4) is 0 Å². The Morgan fingerprint density at radius 3 is 2.22 bits per heavy atom. The van der Waals surface area contributed by atoms with E-state index in [9.17, 15) is 14.0 Å². The molecule has 3 aromatic carbocycles. The van der Waals surface area contributed by atoms with Crippen molar-refractivity contribution in [2.45, 2.75) is 18.9 Å². The first kappa shape index (κ1) is 21.1. The van der Waals surface area contributed by atoms with Gasteiger partial charge in [-0.1, -0.05) is 36.4 Å². The zero-order valence-corrected chi connectivity index (χ0v) is 17.3. The number of amides is 2. The maximum absolute atomic E-state index is 13.3. The van der Waals surface area contributed by atoms with Crippen molar-refractivity contribution < 1.29 is 14.0 Å². The summed E-state index contributed by atoms with van der Waals surface area (Å²) in [6.07, 6.45) is 3.67. The Kier molecular flexibility index (Phi) is 6.17. The average molecular weight is 430 g/mol. The predicted molar refractivity (Wildman–Crippen MR) is 124 cm³/mol. The summed E-state index contributed by atoms with van der Waals surface area (Å²) in [5.74, 6) is -0.892. The topological polar surface area (TPSA) is 96.2 Å². The molecule has 0 unspecified atom stereocenters. The summed E-state index contributed by atoms with van der Waals surface area (Å²) in [7, 11) is 0. The van der Waals surface area contributed by atoms with Crippen LogP contribution in [0.1, 0.15) is 34.3 Å². The standard InChI is InChI=1S/C25H23FN4O2/c26-19-11-9-17(10-12-19)21(25(32)28-20-13-14-20)15-16-5-7-18(8-6-16)24(31)30-29-23-4-2-1-3-22(23)27/h1-12,15,20,29H,13-14,27H2,(H,28,32)(H,30,31)/b21-15-. The third-order valence-corrected chi connectivity index (χ3v) is 5.07. The van der Waals surface area contributed by atoms with Crippen molar-refractivity contribution in [3.8, 4) is 0 Å². The van der Waals surface area contributed by atoms with Crippen LogP contribution in [-0.4, -0.2) is 17.9 Å². The molecule has 0 bridgehead atoms. The lowest BCUT2D eigenvalue weighted by Gasteiger charge is -2.11. The van der Waals surface area contributed by atoms with Crippen LogP contribution in [0.25, 0.3) is 11.6 Å². The minimum atomic E-state index is -0.364. The highest BCUT2D eigenvalue weighted by atomic mass is 19.1. The molecule has 1 saturated carbocycles. The molecule has 0 aromatic heterocycles. The lowest BCUT2D eigenvalue weighted by atomic mass is 10.0. The fraction of sp³-hybridized carbons (Fsp3) is 0.120. The van der Waals surface area contributed by atoms with Crippen molar-refractivity contribution in [3.63, 3.8) is 0 Å². The van der Waals surface area contributed by atoms with Crippen LogP contribution < -0.4 is 21.9 Å². The van der Waals surface area contributed by atoms with E-state index in [1.807, 2.05) is 6.07 Å². The summed E-state index contributed by atoms with van der Waals surface area (Å²) < 4.78 is 13.3. The Morgan fingerprint density at radius 2 is 1.56 bits per heavy atom. The molecule has 1 aliphatic carbocycles. The molecule has 162 valence electrons. The van der Waals surface area contributed by atoms with E-state index in [0.29, 0.717) is 28.1 Å². The minimum absolute atomic E-state index is 0.198. The molecular formula is C25H23FN4O2. The van der Waals surface area contributed by atoms with Gasteiger partial charge >= 0.3 is 0 Å². The Balaban J connectivity index is 1.50. The molecule has 4 rings (SSSR count). The molecule has 6 nitrogen and oxygen atoms in total. The average Bonchev–Trinajstić information content (AvgIpc) is 3.62. The summed E-state index contributed by atoms with van der Waals surface area (Å²) in [6.45, 7) is 0. The maximum Gasteiger partial charge on any atom is 0.269 e. The number of hydrogen-bond donors (Lipinski definition) is 4. The van der Waals surface area contributed by atoms with Crippen molar-refractivity contribution >= 4 is 34.8 Å². The van der Waals surface area contributed by atoms with Gasteiger partial charge in [0, 0.05) is 17.2 Å². The molecule has 3 aromatic rings. The van der Waals surface area contributed by atoms with E-state index in [2.05, 4.69) is 16.2 Å². The first-order valence-corrected chi connectivity index (χ1v) is 10.3. The predicted octanol–water partition coefficient (Wildman–Crippen LogP) is 3.98. The largest absolute Gasteiger partial charge is 0.397 e. The maximum atomic E-state index is 13.3. The summed E-state index contributed by atoms with van der Waals surface area (Å²) in [5, 5.41) is 2.97. The van der Waals surface area contributed by atoms with Gasteiger partial charge in [0.1, 0.15) is 5.82 Å². The number of para-hydroxylation sites is 2. The van der Waals surface area contributed by atoms with Crippen molar-refractivity contribution in [1.82, 2.24) is 10.7 Å². The monoisotopic (exact) mass is 430 g/mol. The Morgan fingerprint density at radius 1 is 0.906 bits per heavy atom. The molecule has 1 fully saturated rings. The Labute approximate surface area is 185 Å². The lowest BCUT2D eigenvalue weighted by molar-refractivity contribution is -0.115. The molecule has 7 heteroatoms. The second-order valence-electron chi connectivity index (χ2n) is 7.60. The fourth-order valence-corrected chi connectivity index (χ4v) is 3.10. The van der Waals surface area contributed by atoms with E-state index in [-0.39, 0.29) is 23.7 Å². The zero-order chi connectivity index (χ0) is 22.5. The third-order valence-electron chi connectivity index (χ3n) is 5.07. The van der Waals surface area contributed by atoms with E-state index in [1.54, 1.807) is 60.7 Å². The molecule has 0 aliphatic heterocycles. The van der Waals surface area contributed by atoms with Gasteiger partial charge in [-0.3, -0.25) is 20.4 Å². The van der Waals surface area contributed by atoms with Crippen molar-refractivity contribution in [1.29, 1.82) is 0 Å². The van der Waals surface area contributed by atoms with Crippen LogP contribution in [0, 0.1) is 5.82 Å². The highest BCUT2D eigenvalue weighted by Crippen LogP contribution is 2.24. The number of carbonyl (C=O) groups is 2. The van der Waals surface area contributed by atoms with Crippen LogP contribution in [-0.2, 0) is 4.79 Å². The van der Waals surface area contributed by atoms with E-state index < -0.39 is 0 Å². The fourth-order valence-electron chi connectivity index (χ4n) is 3.10. The second-order valence-corrected chi connectivity index (χ2v) is 7.60. The zero-order valence-electron chi connectivity index (χ0n) is 17.3. The molecular weight excluding hydrogens is 407 g/mol. The number of anilines is 2. The number of hydrazine groups is 1. The summed E-state index contributed by atoms with van der Waals surface area (Å²) in [4.78, 5) is 25.2. The molecule has 0 atom stereocenters. The number of nitrogen functional groups attached to an aromatic ring is 1. The van der Waals surface area contributed by atoms with Crippen molar-refractivity contribution in [3.05, 3.63) is 95.3 Å². The van der Waals surface area contributed by atoms with E-state index >= 15 is 0 Å². The number of nitrogens with two attached hydrogens (primary N) is 1. The number of carbonyl (C=O) groups excluding carboxylic acids is 2. The molecule has 2 amide bonds. The van der Waals surface area contributed by atoms with Gasteiger partial charge in [-0.2, -0.15) is 0 Å². The highest BCUT2D eigenvalue weighted by molar-refractivity contribution is 6.24. The van der Waals surface area contributed by atoms with E-state index in [0.717, 1.165) is 18.4 Å². The lowest BCUT2D eigenvalue weighted by Crippen LogP contribution is -2.29. The van der Waals surface area contributed by atoms with E-state index in [4.69, 9.17) is 5.73 Å².